The van der Waals surface area contributed by atoms with Gasteiger partial charge in [0.15, 0.2) is 0 Å². The maximum absolute atomic E-state index is 5.75. The third kappa shape index (κ3) is 6.35. The summed E-state index contributed by atoms with van der Waals surface area (Å²) < 4.78 is 10.3. The first-order valence-electron chi connectivity index (χ1n) is 6.58. The Labute approximate surface area is 114 Å². The number of rotatable bonds is 9. The Morgan fingerprint density at radius 1 is 1.26 bits per heavy atom. The standard InChI is InChI=1S/C13H24N4O2/c1-10(2)13-16-11(14)9-12(17-13)15-5-4-6-19-8-7-18-3/h9-10H,4-8H2,1-3H3,(H3,14,15,16,17). The van der Waals surface area contributed by atoms with Gasteiger partial charge in [0.2, 0.25) is 0 Å². The number of hydrogen-bond acceptors (Lipinski definition) is 6. The molecule has 0 radical (unpaired) electrons. The maximum atomic E-state index is 5.75. The summed E-state index contributed by atoms with van der Waals surface area (Å²) in [5, 5.41) is 3.23. The number of ether oxygens (including phenoxy) is 2. The summed E-state index contributed by atoms with van der Waals surface area (Å²) in [6.07, 6.45) is 0.907. The van der Waals surface area contributed by atoms with Gasteiger partial charge in [0.05, 0.1) is 13.2 Å². The van der Waals surface area contributed by atoms with Crippen molar-refractivity contribution in [1.29, 1.82) is 0 Å². The molecule has 0 aromatic carbocycles. The minimum Gasteiger partial charge on any atom is -0.384 e. The van der Waals surface area contributed by atoms with Gasteiger partial charge in [-0.25, -0.2) is 9.97 Å². The molecule has 0 aliphatic carbocycles. The van der Waals surface area contributed by atoms with Crippen molar-refractivity contribution in [3.63, 3.8) is 0 Å². The molecular formula is C13H24N4O2. The van der Waals surface area contributed by atoms with Crippen LogP contribution in [-0.2, 0) is 9.47 Å². The van der Waals surface area contributed by atoms with Crippen molar-refractivity contribution >= 4 is 11.6 Å². The fraction of sp³-hybridized carbons (Fsp3) is 0.692. The van der Waals surface area contributed by atoms with E-state index in [9.17, 15) is 0 Å². The van der Waals surface area contributed by atoms with E-state index in [1.165, 1.54) is 0 Å². The van der Waals surface area contributed by atoms with E-state index in [1.807, 2.05) is 13.8 Å². The molecule has 0 fully saturated rings. The molecule has 19 heavy (non-hydrogen) atoms. The van der Waals surface area contributed by atoms with Crippen molar-refractivity contribution in [2.75, 3.05) is 44.5 Å². The van der Waals surface area contributed by atoms with Gasteiger partial charge in [-0.2, -0.15) is 0 Å². The summed E-state index contributed by atoms with van der Waals surface area (Å²) in [4.78, 5) is 8.62. The Kier molecular flexibility index (Phi) is 7.14. The van der Waals surface area contributed by atoms with Gasteiger partial charge in [-0.3, -0.25) is 0 Å². The van der Waals surface area contributed by atoms with Crippen LogP contribution in [0, 0.1) is 0 Å². The van der Waals surface area contributed by atoms with Crippen molar-refractivity contribution in [3.05, 3.63) is 11.9 Å². The van der Waals surface area contributed by atoms with Gasteiger partial charge in [-0.1, -0.05) is 13.8 Å². The number of nitrogens with one attached hydrogen (secondary N) is 1. The zero-order valence-electron chi connectivity index (χ0n) is 12.0. The highest BCUT2D eigenvalue weighted by atomic mass is 16.5. The lowest BCUT2D eigenvalue weighted by molar-refractivity contribution is 0.0705. The second-order valence-electron chi connectivity index (χ2n) is 4.58. The molecule has 1 heterocycles. The lowest BCUT2D eigenvalue weighted by Gasteiger charge is -2.10. The predicted molar refractivity (Wildman–Crippen MR) is 76.3 cm³/mol. The van der Waals surface area contributed by atoms with Crippen molar-refractivity contribution in [1.82, 2.24) is 9.97 Å². The van der Waals surface area contributed by atoms with Crippen molar-refractivity contribution in [2.45, 2.75) is 26.2 Å². The molecular weight excluding hydrogens is 244 g/mol. The number of anilines is 2. The summed E-state index contributed by atoms with van der Waals surface area (Å²) in [6, 6.07) is 1.75. The molecule has 1 rings (SSSR count). The van der Waals surface area contributed by atoms with Crippen LogP contribution in [-0.4, -0.2) is 43.4 Å². The highest BCUT2D eigenvalue weighted by molar-refractivity contribution is 5.44. The SMILES string of the molecule is COCCOCCCNc1cc(N)nc(C(C)C)n1. The van der Waals surface area contributed by atoms with E-state index in [0.717, 1.165) is 24.6 Å². The third-order valence-electron chi connectivity index (χ3n) is 2.48. The zero-order valence-corrected chi connectivity index (χ0v) is 12.0. The summed E-state index contributed by atoms with van der Waals surface area (Å²) in [5.41, 5.74) is 5.75. The van der Waals surface area contributed by atoms with Crippen LogP contribution in [0.2, 0.25) is 0 Å². The highest BCUT2D eigenvalue weighted by Crippen LogP contribution is 2.14. The van der Waals surface area contributed by atoms with Gasteiger partial charge >= 0.3 is 0 Å². The highest BCUT2D eigenvalue weighted by Gasteiger charge is 2.06. The zero-order chi connectivity index (χ0) is 14.1. The van der Waals surface area contributed by atoms with Crippen molar-refractivity contribution in [3.8, 4) is 0 Å². The van der Waals surface area contributed by atoms with E-state index in [4.69, 9.17) is 15.2 Å². The van der Waals surface area contributed by atoms with Gasteiger partial charge < -0.3 is 20.5 Å². The van der Waals surface area contributed by atoms with Gasteiger partial charge in [-0.05, 0) is 6.42 Å². The normalized spacial score (nSPS) is 10.9. The van der Waals surface area contributed by atoms with Crippen LogP contribution in [0.25, 0.3) is 0 Å². The minimum absolute atomic E-state index is 0.265. The molecule has 1 aromatic rings. The monoisotopic (exact) mass is 268 g/mol. The first kappa shape index (κ1) is 15.7. The molecule has 108 valence electrons. The van der Waals surface area contributed by atoms with Crippen LogP contribution < -0.4 is 11.1 Å². The molecule has 0 aliphatic rings. The van der Waals surface area contributed by atoms with E-state index in [-0.39, 0.29) is 5.92 Å². The molecule has 0 unspecified atom stereocenters. The number of aromatic nitrogens is 2. The van der Waals surface area contributed by atoms with Crippen LogP contribution in [0.3, 0.4) is 0 Å². The van der Waals surface area contributed by atoms with Crippen LogP contribution in [0.15, 0.2) is 6.07 Å². The summed E-state index contributed by atoms with van der Waals surface area (Å²) in [6.45, 7) is 6.85. The first-order valence-corrected chi connectivity index (χ1v) is 6.58. The van der Waals surface area contributed by atoms with Crippen LogP contribution in [0.4, 0.5) is 11.6 Å². The fourth-order valence-corrected chi connectivity index (χ4v) is 1.47. The summed E-state index contributed by atoms with van der Waals surface area (Å²) in [7, 11) is 1.66. The lowest BCUT2D eigenvalue weighted by atomic mass is 10.2. The Morgan fingerprint density at radius 3 is 2.74 bits per heavy atom. The summed E-state index contributed by atoms with van der Waals surface area (Å²) >= 11 is 0. The molecule has 0 atom stereocenters. The molecule has 0 saturated heterocycles. The minimum atomic E-state index is 0.265. The Bertz CT molecular complexity index is 372. The Balaban J connectivity index is 2.29. The van der Waals surface area contributed by atoms with Gasteiger partial charge in [0.1, 0.15) is 17.5 Å². The summed E-state index contributed by atoms with van der Waals surface area (Å²) in [5.74, 6) is 2.30. The quantitative estimate of drug-likeness (QED) is 0.663. The molecule has 1 aromatic heterocycles. The second kappa shape index (κ2) is 8.66. The van der Waals surface area contributed by atoms with E-state index in [0.29, 0.717) is 25.6 Å². The number of nitrogen functional groups attached to an aromatic ring is 1. The van der Waals surface area contributed by atoms with E-state index in [2.05, 4.69) is 15.3 Å². The average molecular weight is 268 g/mol. The molecule has 6 nitrogen and oxygen atoms in total. The molecule has 3 N–H and O–H groups in total. The molecule has 0 bridgehead atoms. The number of hydrogen-bond donors (Lipinski definition) is 2. The average Bonchev–Trinajstić information content (AvgIpc) is 2.37. The molecule has 0 aliphatic heterocycles. The lowest BCUT2D eigenvalue weighted by Crippen LogP contribution is -2.11. The molecule has 0 spiro atoms. The fourth-order valence-electron chi connectivity index (χ4n) is 1.47. The largest absolute Gasteiger partial charge is 0.384 e. The smallest absolute Gasteiger partial charge is 0.135 e. The molecule has 0 amide bonds. The molecule has 0 saturated carbocycles. The Hall–Kier alpha value is -1.40. The van der Waals surface area contributed by atoms with Crippen molar-refractivity contribution in [2.24, 2.45) is 0 Å². The van der Waals surface area contributed by atoms with Gasteiger partial charge in [0, 0.05) is 32.2 Å². The molecule has 6 heteroatoms. The first-order chi connectivity index (χ1) is 9.13. The van der Waals surface area contributed by atoms with Gasteiger partial charge in [0.25, 0.3) is 0 Å². The number of nitrogens with zero attached hydrogens (tertiary/aromatic N) is 2. The second-order valence-corrected chi connectivity index (χ2v) is 4.58. The third-order valence-corrected chi connectivity index (χ3v) is 2.48. The van der Waals surface area contributed by atoms with E-state index < -0.39 is 0 Å². The maximum Gasteiger partial charge on any atom is 0.135 e. The number of methoxy groups -OCH3 is 1. The van der Waals surface area contributed by atoms with Crippen LogP contribution in [0.5, 0.6) is 0 Å². The van der Waals surface area contributed by atoms with E-state index in [1.54, 1.807) is 13.2 Å². The van der Waals surface area contributed by atoms with Crippen molar-refractivity contribution < 1.29 is 9.47 Å². The topological polar surface area (TPSA) is 82.3 Å². The predicted octanol–water partition coefficient (Wildman–Crippen LogP) is 1.65. The van der Waals surface area contributed by atoms with Crippen LogP contribution in [0.1, 0.15) is 32.0 Å². The Morgan fingerprint density at radius 2 is 2.05 bits per heavy atom. The van der Waals surface area contributed by atoms with Gasteiger partial charge in [-0.15, -0.1) is 0 Å². The van der Waals surface area contributed by atoms with Crippen LogP contribution >= 0.6 is 0 Å². The van der Waals surface area contributed by atoms with E-state index >= 15 is 0 Å². The number of nitrogens with two attached hydrogens (primary N) is 1.